The Kier molecular flexibility index (Phi) is 4.91. The topological polar surface area (TPSA) is 29.1 Å². The summed E-state index contributed by atoms with van der Waals surface area (Å²) < 4.78 is 16.3. The van der Waals surface area contributed by atoms with Gasteiger partial charge in [0, 0.05) is 10.1 Å². The van der Waals surface area contributed by atoms with E-state index in [0.29, 0.717) is 6.54 Å². The van der Waals surface area contributed by atoms with Gasteiger partial charge in [-0.2, -0.15) is 0 Å². The molecule has 0 bridgehead atoms. The number of rotatable bonds is 4. The number of benzene rings is 2. The van der Waals surface area contributed by atoms with Gasteiger partial charge in [-0.3, -0.25) is 0 Å². The molecule has 94 valence electrons. The van der Waals surface area contributed by atoms with Gasteiger partial charge in [-0.1, -0.05) is 35.9 Å². The fraction of sp³-hybridized carbons (Fsp3) is 0.143. The Labute approximate surface area is 124 Å². The second-order valence-corrected chi connectivity index (χ2v) is 6.45. The van der Waals surface area contributed by atoms with E-state index in [9.17, 15) is 4.21 Å². The van der Waals surface area contributed by atoms with Crippen LogP contribution in [0.2, 0.25) is 0 Å². The van der Waals surface area contributed by atoms with E-state index in [1.807, 2.05) is 55.5 Å². The zero-order chi connectivity index (χ0) is 13.0. The zero-order valence-electron chi connectivity index (χ0n) is 10.0. The summed E-state index contributed by atoms with van der Waals surface area (Å²) in [4.78, 5) is 0.812. The highest BCUT2D eigenvalue weighted by Gasteiger charge is 2.04. The first kappa shape index (κ1) is 13.7. The van der Waals surface area contributed by atoms with Crippen LogP contribution in [0.3, 0.4) is 0 Å². The van der Waals surface area contributed by atoms with Crippen LogP contribution >= 0.6 is 22.6 Å². The van der Waals surface area contributed by atoms with Crippen molar-refractivity contribution in [3.63, 3.8) is 0 Å². The van der Waals surface area contributed by atoms with Crippen molar-refractivity contribution in [3.05, 3.63) is 63.2 Å². The van der Waals surface area contributed by atoms with Gasteiger partial charge in [0.05, 0.1) is 4.90 Å². The summed E-state index contributed by atoms with van der Waals surface area (Å²) in [6.07, 6.45) is 0. The van der Waals surface area contributed by atoms with E-state index in [1.54, 1.807) is 0 Å². The van der Waals surface area contributed by atoms with Crippen molar-refractivity contribution in [3.8, 4) is 0 Å². The standard InChI is InChI=1S/C14H14INOS/c1-11-6-8-13(9-7-11)18(17)16-10-12-4-2-3-5-14(12)15/h2-9,16H,10H2,1H3. The lowest BCUT2D eigenvalue weighted by Gasteiger charge is -2.06. The molecule has 0 saturated heterocycles. The summed E-state index contributed by atoms with van der Waals surface area (Å²) in [5.41, 5.74) is 2.34. The van der Waals surface area contributed by atoms with Gasteiger partial charge < -0.3 is 0 Å². The molecule has 2 aromatic rings. The van der Waals surface area contributed by atoms with E-state index < -0.39 is 11.0 Å². The molecule has 2 rings (SSSR count). The average molecular weight is 371 g/mol. The van der Waals surface area contributed by atoms with Crippen LogP contribution < -0.4 is 4.72 Å². The average Bonchev–Trinajstić information content (AvgIpc) is 2.38. The molecule has 0 fully saturated rings. The monoisotopic (exact) mass is 371 g/mol. The van der Waals surface area contributed by atoms with Crippen LogP contribution in [0.4, 0.5) is 0 Å². The number of hydrogen-bond donors (Lipinski definition) is 1. The third-order valence-corrected chi connectivity index (χ3v) is 4.75. The Bertz CT molecular complexity index is 554. The summed E-state index contributed by atoms with van der Waals surface area (Å²) in [6, 6.07) is 15.8. The van der Waals surface area contributed by atoms with Crippen LogP contribution in [-0.4, -0.2) is 4.21 Å². The van der Waals surface area contributed by atoms with E-state index >= 15 is 0 Å². The number of aryl methyl sites for hydroxylation is 1. The van der Waals surface area contributed by atoms with Gasteiger partial charge in [-0.25, -0.2) is 8.93 Å². The van der Waals surface area contributed by atoms with Crippen molar-refractivity contribution in [1.29, 1.82) is 0 Å². The summed E-state index contributed by atoms with van der Waals surface area (Å²) in [5.74, 6) is 0. The predicted molar refractivity (Wildman–Crippen MR) is 83.6 cm³/mol. The molecule has 0 aromatic heterocycles. The molecule has 1 atom stereocenters. The maximum absolute atomic E-state index is 12.0. The van der Waals surface area contributed by atoms with Gasteiger partial charge in [0.15, 0.2) is 0 Å². The minimum absolute atomic E-state index is 0.611. The maximum Gasteiger partial charge on any atom is 0.125 e. The Hall–Kier alpha value is -0.720. The molecule has 0 aliphatic carbocycles. The van der Waals surface area contributed by atoms with Crippen LogP contribution in [0.15, 0.2) is 53.4 Å². The van der Waals surface area contributed by atoms with Crippen LogP contribution in [0.25, 0.3) is 0 Å². The fourth-order valence-electron chi connectivity index (χ4n) is 1.53. The Morgan fingerprint density at radius 3 is 2.44 bits per heavy atom. The van der Waals surface area contributed by atoms with Crippen molar-refractivity contribution in [2.75, 3.05) is 0 Å². The zero-order valence-corrected chi connectivity index (χ0v) is 13.0. The highest BCUT2D eigenvalue weighted by atomic mass is 127. The lowest BCUT2D eigenvalue weighted by molar-refractivity contribution is 0.671. The summed E-state index contributed by atoms with van der Waals surface area (Å²) in [5, 5.41) is 0. The van der Waals surface area contributed by atoms with E-state index in [-0.39, 0.29) is 0 Å². The van der Waals surface area contributed by atoms with Crippen LogP contribution in [0.1, 0.15) is 11.1 Å². The molecule has 0 heterocycles. The summed E-state index contributed by atoms with van der Waals surface area (Å²) >= 11 is 2.29. The lowest BCUT2D eigenvalue weighted by Crippen LogP contribution is -2.17. The lowest BCUT2D eigenvalue weighted by atomic mass is 10.2. The van der Waals surface area contributed by atoms with Gasteiger partial charge in [0.25, 0.3) is 0 Å². The molecular formula is C14H14INOS. The fourth-order valence-corrected chi connectivity index (χ4v) is 2.94. The smallest absolute Gasteiger partial charge is 0.125 e. The number of nitrogens with one attached hydrogen (secondary N) is 1. The first-order valence-electron chi connectivity index (χ1n) is 5.62. The van der Waals surface area contributed by atoms with Gasteiger partial charge in [0.1, 0.15) is 11.0 Å². The van der Waals surface area contributed by atoms with Gasteiger partial charge in [0.2, 0.25) is 0 Å². The van der Waals surface area contributed by atoms with Crippen molar-refractivity contribution in [1.82, 2.24) is 4.72 Å². The molecule has 0 aliphatic rings. The molecule has 2 nitrogen and oxygen atoms in total. The SMILES string of the molecule is Cc1ccc(S(=O)NCc2ccccc2I)cc1. The van der Waals surface area contributed by atoms with Crippen molar-refractivity contribution >= 4 is 33.6 Å². The van der Waals surface area contributed by atoms with Gasteiger partial charge in [-0.15, -0.1) is 0 Å². The summed E-state index contributed by atoms with van der Waals surface area (Å²) in [7, 11) is -1.15. The second-order valence-electron chi connectivity index (χ2n) is 3.99. The number of halogens is 1. The normalized spacial score (nSPS) is 12.3. The van der Waals surface area contributed by atoms with Gasteiger partial charge >= 0.3 is 0 Å². The Morgan fingerprint density at radius 2 is 1.78 bits per heavy atom. The highest BCUT2D eigenvalue weighted by molar-refractivity contribution is 14.1. The molecule has 2 aromatic carbocycles. The molecule has 4 heteroatoms. The Balaban J connectivity index is 2.01. The van der Waals surface area contributed by atoms with Crippen molar-refractivity contribution in [2.24, 2.45) is 0 Å². The van der Waals surface area contributed by atoms with E-state index in [4.69, 9.17) is 0 Å². The number of hydrogen-bond acceptors (Lipinski definition) is 1. The molecule has 18 heavy (non-hydrogen) atoms. The van der Waals surface area contributed by atoms with Crippen LogP contribution in [0.5, 0.6) is 0 Å². The molecule has 0 spiro atoms. The molecule has 1 N–H and O–H groups in total. The molecule has 0 amide bonds. The molecular weight excluding hydrogens is 357 g/mol. The van der Waals surface area contributed by atoms with Crippen molar-refractivity contribution < 1.29 is 4.21 Å². The minimum atomic E-state index is -1.15. The van der Waals surface area contributed by atoms with Crippen LogP contribution in [0, 0.1) is 10.5 Å². The van der Waals surface area contributed by atoms with E-state index in [2.05, 4.69) is 27.3 Å². The van der Waals surface area contributed by atoms with Gasteiger partial charge in [-0.05, 0) is 53.3 Å². The minimum Gasteiger partial charge on any atom is -0.237 e. The van der Waals surface area contributed by atoms with E-state index in [1.165, 1.54) is 14.7 Å². The summed E-state index contributed by atoms with van der Waals surface area (Å²) in [6.45, 7) is 2.63. The first-order valence-corrected chi connectivity index (χ1v) is 7.85. The molecule has 0 aliphatic heterocycles. The predicted octanol–water partition coefficient (Wildman–Crippen LogP) is 3.41. The first-order chi connectivity index (χ1) is 8.66. The van der Waals surface area contributed by atoms with Crippen molar-refractivity contribution in [2.45, 2.75) is 18.4 Å². The highest BCUT2D eigenvalue weighted by Crippen LogP contribution is 2.12. The largest absolute Gasteiger partial charge is 0.237 e. The van der Waals surface area contributed by atoms with Crippen LogP contribution in [-0.2, 0) is 17.5 Å². The third kappa shape index (κ3) is 3.63. The second kappa shape index (κ2) is 6.45. The molecule has 0 saturated carbocycles. The molecule has 1 unspecified atom stereocenters. The van der Waals surface area contributed by atoms with E-state index in [0.717, 1.165) is 4.90 Å². The quantitative estimate of drug-likeness (QED) is 0.820. The Morgan fingerprint density at radius 1 is 1.11 bits per heavy atom. The third-order valence-electron chi connectivity index (χ3n) is 2.59. The molecule has 0 radical (unpaired) electrons. The maximum atomic E-state index is 12.0.